The smallest absolute Gasteiger partial charge is 0.222 e. The van der Waals surface area contributed by atoms with Crippen molar-refractivity contribution in [3.8, 4) is 0 Å². The van der Waals surface area contributed by atoms with Gasteiger partial charge in [-0.15, -0.1) is 0 Å². The Balaban J connectivity index is 1.79. The van der Waals surface area contributed by atoms with Crippen LogP contribution in [0, 0.1) is 13.8 Å². The largest absolute Gasteiger partial charge is 0.342 e. The summed E-state index contributed by atoms with van der Waals surface area (Å²) in [5.41, 5.74) is 3.91. The summed E-state index contributed by atoms with van der Waals surface area (Å²) in [5.74, 6) is 0.479. The number of aryl methyl sites for hydroxylation is 3. The Morgan fingerprint density at radius 3 is 2.60 bits per heavy atom. The minimum absolute atomic E-state index is 0.197. The lowest BCUT2D eigenvalue weighted by Crippen LogP contribution is -2.38. The van der Waals surface area contributed by atoms with Crippen LogP contribution in [-0.4, -0.2) is 29.7 Å². The molecule has 1 saturated heterocycles. The summed E-state index contributed by atoms with van der Waals surface area (Å²) >= 11 is 0. The highest BCUT2D eigenvalue weighted by molar-refractivity contribution is 5.83. The lowest BCUT2D eigenvalue weighted by Gasteiger charge is -2.26. The first kappa shape index (κ1) is 14.8. The van der Waals surface area contributed by atoms with Gasteiger partial charge in [-0.25, -0.2) is 0 Å². The van der Waals surface area contributed by atoms with Crippen molar-refractivity contribution in [1.82, 2.24) is 4.90 Å². The van der Waals surface area contributed by atoms with Crippen molar-refractivity contribution >= 4 is 11.7 Å². The number of amides is 1. The van der Waals surface area contributed by atoms with E-state index in [4.69, 9.17) is 0 Å². The molecule has 1 amide bonds. The second kappa shape index (κ2) is 6.69. The molecule has 3 nitrogen and oxygen atoms in total. The van der Waals surface area contributed by atoms with E-state index in [0.29, 0.717) is 32.4 Å². The summed E-state index contributed by atoms with van der Waals surface area (Å²) < 4.78 is 0. The van der Waals surface area contributed by atoms with Gasteiger partial charge in [0.15, 0.2) is 0 Å². The first-order valence-electron chi connectivity index (χ1n) is 7.42. The van der Waals surface area contributed by atoms with E-state index in [1.165, 1.54) is 16.7 Å². The van der Waals surface area contributed by atoms with Crippen LogP contribution in [0.25, 0.3) is 0 Å². The van der Waals surface area contributed by atoms with Crippen LogP contribution < -0.4 is 0 Å². The van der Waals surface area contributed by atoms with Gasteiger partial charge in [-0.2, -0.15) is 0 Å². The molecular formula is C17H23NO2. The van der Waals surface area contributed by atoms with Crippen LogP contribution in [0.3, 0.4) is 0 Å². The molecule has 0 unspecified atom stereocenters. The average Bonchev–Trinajstić information content (AvgIpc) is 2.43. The second-order valence-corrected chi connectivity index (χ2v) is 5.70. The molecule has 0 aliphatic carbocycles. The SMILES string of the molecule is Cc1ccc(C)c(CCCC(=O)N2CCC(=O)CC2)c1. The van der Waals surface area contributed by atoms with E-state index >= 15 is 0 Å². The number of ketones is 1. The van der Waals surface area contributed by atoms with Gasteiger partial charge >= 0.3 is 0 Å². The first-order chi connectivity index (χ1) is 9.56. The maximum Gasteiger partial charge on any atom is 0.222 e. The summed E-state index contributed by atoms with van der Waals surface area (Å²) in [6, 6.07) is 6.47. The second-order valence-electron chi connectivity index (χ2n) is 5.70. The molecule has 1 fully saturated rings. The molecule has 0 aromatic heterocycles. The predicted octanol–water partition coefficient (Wildman–Crippen LogP) is 2.82. The van der Waals surface area contributed by atoms with E-state index in [-0.39, 0.29) is 11.7 Å². The van der Waals surface area contributed by atoms with E-state index in [0.717, 1.165) is 12.8 Å². The minimum Gasteiger partial charge on any atom is -0.342 e. The van der Waals surface area contributed by atoms with E-state index in [2.05, 4.69) is 32.0 Å². The molecule has 1 heterocycles. The van der Waals surface area contributed by atoms with Crippen LogP contribution in [-0.2, 0) is 16.0 Å². The number of carbonyl (C=O) groups is 2. The van der Waals surface area contributed by atoms with E-state index in [1.807, 2.05) is 4.90 Å². The Labute approximate surface area is 121 Å². The number of piperidine rings is 1. The fraction of sp³-hybridized carbons (Fsp3) is 0.529. The Hall–Kier alpha value is -1.64. The van der Waals surface area contributed by atoms with Gasteiger partial charge in [0.2, 0.25) is 5.91 Å². The number of hydrogen-bond donors (Lipinski definition) is 0. The molecule has 0 bridgehead atoms. The highest BCUT2D eigenvalue weighted by atomic mass is 16.2. The van der Waals surface area contributed by atoms with Gasteiger partial charge in [-0.3, -0.25) is 9.59 Å². The van der Waals surface area contributed by atoms with Crippen LogP contribution in [0.2, 0.25) is 0 Å². The Morgan fingerprint density at radius 1 is 1.20 bits per heavy atom. The minimum atomic E-state index is 0.197. The van der Waals surface area contributed by atoms with E-state index in [1.54, 1.807) is 0 Å². The molecule has 0 saturated carbocycles. The molecule has 1 aliphatic heterocycles. The van der Waals surface area contributed by atoms with Gasteiger partial charge in [0, 0.05) is 32.4 Å². The van der Waals surface area contributed by atoms with E-state index in [9.17, 15) is 9.59 Å². The Morgan fingerprint density at radius 2 is 1.90 bits per heavy atom. The zero-order valence-corrected chi connectivity index (χ0v) is 12.4. The maximum atomic E-state index is 12.1. The average molecular weight is 273 g/mol. The van der Waals surface area contributed by atoms with Crippen molar-refractivity contribution in [2.24, 2.45) is 0 Å². The monoisotopic (exact) mass is 273 g/mol. The molecule has 0 N–H and O–H groups in total. The highest BCUT2D eigenvalue weighted by Crippen LogP contribution is 2.15. The van der Waals surface area contributed by atoms with Crippen molar-refractivity contribution in [2.45, 2.75) is 46.0 Å². The molecule has 1 aliphatic rings. The molecular weight excluding hydrogens is 250 g/mol. The number of likely N-dealkylation sites (tertiary alicyclic amines) is 1. The third kappa shape index (κ3) is 3.92. The van der Waals surface area contributed by atoms with Gasteiger partial charge < -0.3 is 4.90 Å². The molecule has 1 aromatic carbocycles. The summed E-state index contributed by atoms with van der Waals surface area (Å²) in [6.07, 6.45) is 3.48. The maximum absolute atomic E-state index is 12.1. The normalized spacial score (nSPS) is 15.5. The number of nitrogens with zero attached hydrogens (tertiary/aromatic N) is 1. The Bertz CT molecular complexity index is 498. The molecule has 0 radical (unpaired) electrons. The standard InChI is InChI=1S/C17H23NO2/c1-13-6-7-14(2)15(12-13)4-3-5-17(20)18-10-8-16(19)9-11-18/h6-7,12H,3-5,8-11H2,1-2H3. The number of hydrogen-bond acceptors (Lipinski definition) is 2. The van der Waals surface area contributed by atoms with Gasteiger partial charge in [0.1, 0.15) is 5.78 Å². The highest BCUT2D eigenvalue weighted by Gasteiger charge is 2.20. The zero-order valence-electron chi connectivity index (χ0n) is 12.4. The lowest BCUT2D eigenvalue weighted by atomic mass is 10.00. The van der Waals surface area contributed by atoms with Crippen LogP contribution in [0.1, 0.15) is 42.4 Å². The predicted molar refractivity (Wildman–Crippen MR) is 79.7 cm³/mol. The third-order valence-electron chi connectivity index (χ3n) is 4.02. The fourth-order valence-electron chi connectivity index (χ4n) is 2.66. The molecule has 1 aromatic rings. The van der Waals surface area contributed by atoms with E-state index < -0.39 is 0 Å². The van der Waals surface area contributed by atoms with Crippen molar-refractivity contribution < 1.29 is 9.59 Å². The summed E-state index contributed by atoms with van der Waals surface area (Å²) in [5, 5.41) is 0. The lowest BCUT2D eigenvalue weighted by molar-refractivity contribution is -0.134. The molecule has 108 valence electrons. The summed E-state index contributed by atoms with van der Waals surface area (Å²) in [6.45, 7) is 5.44. The third-order valence-corrected chi connectivity index (χ3v) is 4.02. The first-order valence-corrected chi connectivity index (χ1v) is 7.42. The van der Waals surface area contributed by atoms with Gasteiger partial charge in [0.25, 0.3) is 0 Å². The van der Waals surface area contributed by atoms with Crippen LogP contribution in [0.15, 0.2) is 18.2 Å². The summed E-state index contributed by atoms with van der Waals surface area (Å²) in [4.78, 5) is 25.1. The van der Waals surface area contributed by atoms with Gasteiger partial charge in [0.05, 0.1) is 0 Å². The van der Waals surface area contributed by atoms with Gasteiger partial charge in [-0.1, -0.05) is 23.8 Å². The number of carbonyl (C=O) groups excluding carboxylic acids is 2. The topological polar surface area (TPSA) is 37.4 Å². The van der Waals surface area contributed by atoms with Crippen LogP contribution in [0.4, 0.5) is 0 Å². The van der Waals surface area contributed by atoms with Crippen LogP contribution >= 0.6 is 0 Å². The van der Waals surface area contributed by atoms with Crippen molar-refractivity contribution in [3.05, 3.63) is 34.9 Å². The van der Waals surface area contributed by atoms with Gasteiger partial charge in [-0.05, 0) is 37.8 Å². The molecule has 2 rings (SSSR count). The fourth-order valence-corrected chi connectivity index (χ4v) is 2.66. The quantitative estimate of drug-likeness (QED) is 0.846. The van der Waals surface area contributed by atoms with Crippen molar-refractivity contribution in [2.75, 3.05) is 13.1 Å². The molecule has 3 heteroatoms. The van der Waals surface area contributed by atoms with Crippen LogP contribution in [0.5, 0.6) is 0 Å². The Kier molecular flexibility index (Phi) is 4.94. The van der Waals surface area contributed by atoms with Crippen molar-refractivity contribution in [1.29, 1.82) is 0 Å². The summed E-state index contributed by atoms with van der Waals surface area (Å²) in [7, 11) is 0. The molecule has 20 heavy (non-hydrogen) atoms. The number of benzene rings is 1. The van der Waals surface area contributed by atoms with Crippen molar-refractivity contribution in [3.63, 3.8) is 0 Å². The molecule has 0 atom stereocenters. The zero-order chi connectivity index (χ0) is 14.5. The number of Topliss-reactive ketones (excluding diaryl/α,β-unsaturated/α-hetero) is 1. The number of rotatable bonds is 4. The molecule has 0 spiro atoms.